The van der Waals surface area contributed by atoms with Gasteiger partial charge in [-0.15, -0.1) is 0 Å². The summed E-state index contributed by atoms with van der Waals surface area (Å²) in [5.41, 5.74) is 2.21. The van der Waals surface area contributed by atoms with Crippen LogP contribution < -0.4 is 0 Å². The average molecular weight is 296 g/mol. The molecule has 0 aliphatic heterocycles. The van der Waals surface area contributed by atoms with Crippen molar-refractivity contribution in [2.24, 2.45) is 0 Å². The number of hydrogen-bond acceptors (Lipinski definition) is 4. The number of carbonyl (C=O) groups excluding carboxylic acids is 1. The van der Waals surface area contributed by atoms with E-state index in [4.69, 9.17) is 4.42 Å². The average Bonchev–Trinajstić information content (AvgIpc) is 2.92. The van der Waals surface area contributed by atoms with Gasteiger partial charge in [0.1, 0.15) is 22.6 Å². The van der Waals surface area contributed by atoms with E-state index in [1.807, 2.05) is 24.3 Å². The van der Waals surface area contributed by atoms with Crippen molar-refractivity contribution in [3.63, 3.8) is 0 Å². The van der Waals surface area contributed by atoms with E-state index < -0.39 is 5.92 Å². The number of aryl methyl sites for hydroxylation is 1. The molecule has 0 spiro atoms. The lowest BCUT2D eigenvalue weighted by Gasteiger charge is -2.14. The van der Waals surface area contributed by atoms with Gasteiger partial charge in [-0.2, -0.15) is 0 Å². The zero-order valence-corrected chi connectivity index (χ0v) is 12.3. The Kier molecular flexibility index (Phi) is 3.37. The maximum absolute atomic E-state index is 12.6. The molecule has 0 aliphatic rings. The molecular weight excluding hydrogens is 280 g/mol. The highest BCUT2D eigenvalue weighted by Gasteiger charge is 2.24. The number of carbonyl (C=O) groups is 1. The minimum absolute atomic E-state index is 0.0367. The van der Waals surface area contributed by atoms with Crippen LogP contribution in [0.4, 0.5) is 0 Å². The third-order valence-electron chi connectivity index (χ3n) is 3.86. The lowest BCUT2D eigenvalue weighted by Crippen LogP contribution is -2.10. The van der Waals surface area contributed by atoms with Gasteiger partial charge in [-0.3, -0.25) is 4.79 Å². The Bertz CT molecular complexity index is 837. The van der Waals surface area contributed by atoms with Crippen LogP contribution >= 0.6 is 0 Å². The van der Waals surface area contributed by atoms with E-state index >= 15 is 0 Å². The fourth-order valence-corrected chi connectivity index (χ4v) is 2.62. The van der Waals surface area contributed by atoms with Gasteiger partial charge in [0.15, 0.2) is 5.78 Å². The van der Waals surface area contributed by atoms with Crippen LogP contribution in [0.2, 0.25) is 0 Å². The van der Waals surface area contributed by atoms with Crippen LogP contribution in [0.15, 0.2) is 47.1 Å². The van der Waals surface area contributed by atoms with Crippen molar-refractivity contribution in [3.05, 3.63) is 59.4 Å². The van der Waals surface area contributed by atoms with Crippen molar-refractivity contribution in [2.75, 3.05) is 0 Å². The number of hydrogen-bond donors (Lipinski definition) is 2. The lowest BCUT2D eigenvalue weighted by atomic mass is 9.90. The fourth-order valence-electron chi connectivity index (χ4n) is 2.62. The number of aromatic hydroxyl groups is 2. The highest BCUT2D eigenvalue weighted by atomic mass is 16.3. The molecule has 112 valence electrons. The molecule has 0 aliphatic carbocycles. The molecule has 0 amide bonds. The molecular formula is C18H16O4. The zero-order chi connectivity index (χ0) is 15.9. The summed E-state index contributed by atoms with van der Waals surface area (Å²) >= 11 is 0. The number of benzene rings is 2. The van der Waals surface area contributed by atoms with E-state index in [0.717, 1.165) is 16.5 Å². The Labute approximate surface area is 127 Å². The predicted molar refractivity (Wildman–Crippen MR) is 83.5 cm³/mol. The monoisotopic (exact) mass is 296 g/mol. The van der Waals surface area contributed by atoms with Crippen molar-refractivity contribution in [2.45, 2.75) is 19.8 Å². The Balaban J connectivity index is 2.01. The molecule has 0 saturated carbocycles. The minimum Gasteiger partial charge on any atom is -0.507 e. The van der Waals surface area contributed by atoms with Gasteiger partial charge in [-0.25, -0.2) is 0 Å². The second kappa shape index (κ2) is 5.22. The van der Waals surface area contributed by atoms with E-state index in [-0.39, 0.29) is 22.8 Å². The molecule has 22 heavy (non-hydrogen) atoms. The smallest absolute Gasteiger partial charge is 0.177 e. The summed E-state index contributed by atoms with van der Waals surface area (Å²) in [7, 11) is 0. The molecule has 1 unspecified atom stereocenters. The third-order valence-corrected chi connectivity index (χ3v) is 3.86. The summed E-state index contributed by atoms with van der Waals surface area (Å²) in [6.45, 7) is 3.49. The van der Waals surface area contributed by atoms with Crippen LogP contribution in [0.3, 0.4) is 0 Å². The zero-order valence-electron chi connectivity index (χ0n) is 12.3. The Morgan fingerprint density at radius 1 is 1.09 bits per heavy atom. The minimum atomic E-state index is -0.487. The number of fused-ring (bicyclic) bond motifs is 1. The number of Topliss-reactive ketones (excluding diaryl/α,β-unsaturated/α-hetero) is 1. The van der Waals surface area contributed by atoms with Gasteiger partial charge in [0, 0.05) is 11.3 Å². The summed E-state index contributed by atoms with van der Waals surface area (Å²) < 4.78 is 5.28. The van der Waals surface area contributed by atoms with Crippen molar-refractivity contribution in [1.82, 2.24) is 0 Å². The number of ketones is 1. The van der Waals surface area contributed by atoms with Gasteiger partial charge in [-0.1, -0.05) is 13.0 Å². The van der Waals surface area contributed by atoms with Crippen molar-refractivity contribution < 1.29 is 19.4 Å². The topological polar surface area (TPSA) is 70.7 Å². The largest absolute Gasteiger partial charge is 0.507 e. The van der Waals surface area contributed by atoms with Crippen molar-refractivity contribution in [1.29, 1.82) is 0 Å². The van der Waals surface area contributed by atoms with Gasteiger partial charge in [0.05, 0.1) is 6.26 Å². The van der Waals surface area contributed by atoms with Gasteiger partial charge >= 0.3 is 0 Å². The van der Waals surface area contributed by atoms with E-state index in [1.165, 1.54) is 12.1 Å². The molecule has 4 nitrogen and oxygen atoms in total. The van der Waals surface area contributed by atoms with Gasteiger partial charge in [0.25, 0.3) is 0 Å². The molecule has 2 aromatic carbocycles. The number of phenols is 2. The third kappa shape index (κ3) is 2.33. The first-order chi connectivity index (χ1) is 10.5. The molecule has 0 radical (unpaired) electrons. The van der Waals surface area contributed by atoms with E-state index in [1.54, 1.807) is 20.1 Å². The molecule has 4 heteroatoms. The molecule has 0 bridgehead atoms. The summed E-state index contributed by atoms with van der Waals surface area (Å²) in [6, 6.07) is 10.3. The summed E-state index contributed by atoms with van der Waals surface area (Å²) in [6.07, 6.45) is 1.60. The first kappa shape index (κ1) is 14.2. The molecule has 2 N–H and O–H groups in total. The predicted octanol–water partition coefficient (Wildman–Crippen LogP) is 4.14. The molecule has 3 rings (SSSR count). The van der Waals surface area contributed by atoms with Gasteiger partial charge < -0.3 is 14.6 Å². The van der Waals surface area contributed by atoms with Crippen LogP contribution in [0.1, 0.15) is 34.3 Å². The Morgan fingerprint density at radius 3 is 2.45 bits per heavy atom. The highest BCUT2D eigenvalue weighted by Crippen LogP contribution is 2.34. The van der Waals surface area contributed by atoms with Crippen LogP contribution in [-0.4, -0.2) is 16.0 Å². The summed E-state index contributed by atoms with van der Waals surface area (Å²) in [5.74, 6) is -1.20. The van der Waals surface area contributed by atoms with Crippen LogP contribution in [-0.2, 0) is 0 Å². The molecule has 1 heterocycles. The maximum atomic E-state index is 12.6. The molecule has 1 aromatic heterocycles. The Hall–Kier alpha value is -2.75. The highest BCUT2D eigenvalue weighted by molar-refractivity contribution is 6.05. The fraction of sp³-hybridized carbons (Fsp3) is 0.167. The van der Waals surface area contributed by atoms with Crippen LogP contribution in [0, 0.1) is 6.92 Å². The first-order valence-corrected chi connectivity index (χ1v) is 7.01. The SMILES string of the molecule is Cc1cc(O)c(C(=O)C(C)c2ccc3occc3c2)c(O)c1. The van der Waals surface area contributed by atoms with Crippen molar-refractivity contribution in [3.8, 4) is 11.5 Å². The molecule has 0 saturated heterocycles. The van der Waals surface area contributed by atoms with E-state index in [9.17, 15) is 15.0 Å². The van der Waals surface area contributed by atoms with Gasteiger partial charge in [0.2, 0.25) is 0 Å². The van der Waals surface area contributed by atoms with Crippen LogP contribution in [0.5, 0.6) is 11.5 Å². The van der Waals surface area contributed by atoms with Crippen LogP contribution in [0.25, 0.3) is 11.0 Å². The summed E-state index contributed by atoms with van der Waals surface area (Å²) in [4.78, 5) is 12.6. The van der Waals surface area contributed by atoms with Crippen molar-refractivity contribution >= 4 is 16.8 Å². The second-order valence-electron chi connectivity index (χ2n) is 5.48. The van der Waals surface area contributed by atoms with E-state index in [0.29, 0.717) is 5.56 Å². The van der Waals surface area contributed by atoms with Gasteiger partial charge in [-0.05, 0) is 48.4 Å². The first-order valence-electron chi connectivity index (χ1n) is 7.01. The van der Waals surface area contributed by atoms with E-state index in [2.05, 4.69) is 0 Å². The normalized spacial score (nSPS) is 12.5. The standard InChI is InChI=1S/C18H16O4/c1-10-7-14(19)17(15(20)8-10)18(21)11(2)12-3-4-16-13(9-12)5-6-22-16/h3-9,11,19-20H,1-2H3. The Morgan fingerprint density at radius 2 is 1.77 bits per heavy atom. The molecule has 3 aromatic rings. The quantitative estimate of drug-likeness (QED) is 0.713. The molecule has 1 atom stereocenters. The second-order valence-corrected chi connectivity index (χ2v) is 5.48. The maximum Gasteiger partial charge on any atom is 0.177 e. The number of phenolic OH excluding ortho intramolecular Hbond substituents is 2. The lowest BCUT2D eigenvalue weighted by molar-refractivity contribution is 0.0960. The number of rotatable bonds is 3. The number of furan rings is 1. The summed E-state index contributed by atoms with van der Waals surface area (Å²) in [5, 5.41) is 20.9. The molecule has 0 fully saturated rings.